The molecule has 31 heavy (non-hydrogen) atoms. The van der Waals surface area contributed by atoms with Crippen molar-refractivity contribution in [3.05, 3.63) is 80.3 Å². The highest BCUT2D eigenvalue weighted by atomic mass is 79.9. The highest BCUT2D eigenvalue weighted by Gasteiger charge is 2.53. The lowest BCUT2D eigenvalue weighted by Crippen LogP contribution is -2.36. The molecule has 2 aliphatic heterocycles. The minimum atomic E-state index is -0.589. The van der Waals surface area contributed by atoms with E-state index in [1.54, 1.807) is 0 Å². The average Bonchev–Trinajstić information content (AvgIpc) is 3.22. The number of aliphatic imine (C=N–C) groups is 1. The van der Waals surface area contributed by atoms with Crippen LogP contribution in [-0.2, 0) is 15.1 Å². The molecule has 4 nitrogen and oxygen atoms in total. The van der Waals surface area contributed by atoms with Crippen LogP contribution in [0.4, 0.5) is 0 Å². The molecule has 2 aromatic carbocycles. The van der Waals surface area contributed by atoms with E-state index in [0.717, 1.165) is 22.0 Å². The third-order valence-corrected chi connectivity index (χ3v) is 7.45. The number of hydrogen-bond donors (Lipinski definition) is 0. The second-order valence-electron chi connectivity index (χ2n) is 7.53. The minimum absolute atomic E-state index is 0.0746. The van der Waals surface area contributed by atoms with Crippen LogP contribution in [0.5, 0.6) is 0 Å². The summed E-state index contributed by atoms with van der Waals surface area (Å²) < 4.78 is 5.33. The van der Waals surface area contributed by atoms with Gasteiger partial charge in [-0.25, -0.2) is 9.79 Å². The van der Waals surface area contributed by atoms with Gasteiger partial charge in [-0.05, 0) is 67.9 Å². The first-order valence-corrected chi connectivity index (χ1v) is 12.4. The van der Waals surface area contributed by atoms with E-state index in [1.807, 2.05) is 62.4 Å². The van der Waals surface area contributed by atoms with E-state index in [9.17, 15) is 4.79 Å². The molecule has 162 valence electrons. The number of halogens is 3. The fourth-order valence-electron chi connectivity index (χ4n) is 4.09. The Labute approximate surface area is 204 Å². The highest BCUT2D eigenvalue weighted by Crippen LogP contribution is 2.56. The molecule has 0 aliphatic carbocycles. The van der Waals surface area contributed by atoms with Crippen molar-refractivity contribution in [1.29, 1.82) is 0 Å². The Morgan fingerprint density at radius 1 is 1.19 bits per heavy atom. The van der Waals surface area contributed by atoms with Crippen molar-refractivity contribution in [2.45, 2.75) is 37.2 Å². The normalized spacial score (nSPS) is 23.6. The van der Waals surface area contributed by atoms with Crippen LogP contribution in [0.15, 0.2) is 64.1 Å². The topological polar surface area (TPSA) is 41.9 Å². The quantitative estimate of drug-likeness (QED) is 0.305. The lowest BCUT2D eigenvalue weighted by atomic mass is 9.81. The first-order valence-electron chi connectivity index (χ1n) is 9.90. The van der Waals surface area contributed by atoms with Gasteiger partial charge in [0.2, 0.25) is 0 Å². The van der Waals surface area contributed by atoms with Gasteiger partial charge in [0.25, 0.3) is 0 Å². The van der Waals surface area contributed by atoms with Crippen molar-refractivity contribution in [1.82, 2.24) is 4.90 Å². The van der Waals surface area contributed by atoms with E-state index < -0.39 is 5.54 Å². The van der Waals surface area contributed by atoms with Gasteiger partial charge < -0.3 is 9.64 Å². The number of nitrogens with zero attached hydrogens (tertiary/aromatic N) is 2. The monoisotopic (exact) mass is 538 g/mol. The maximum Gasteiger partial charge on any atom is 0.346 e. The van der Waals surface area contributed by atoms with Gasteiger partial charge in [-0.2, -0.15) is 0 Å². The number of fused-ring (bicyclic) bond motifs is 1. The Bertz CT molecular complexity index is 1070. The van der Waals surface area contributed by atoms with Crippen molar-refractivity contribution < 1.29 is 9.53 Å². The molecule has 0 N–H and O–H groups in total. The van der Waals surface area contributed by atoms with E-state index in [-0.39, 0.29) is 16.8 Å². The summed E-state index contributed by atoms with van der Waals surface area (Å²) in [6, 6.07) is 15.4. The SMILES string of the molecule is CCOC(=O)C1=C(C(C)Br)N2C(=N[C@@](C)(c3ccc(Cl)cc3)[C@H]2c2ccc(Cl)cc2)S1. The number of carbonyl (C=O) groups excluding carboxylic acids is 1. The van der Waals surface area contributed by atoms with Gasteiger partial charge in [0.05, 0.1) is 23.2 Å². The van der Waals surface area contributed by atoms with E-state index >= 15 is 0 Å². The molecular weight excluding hydrogens is 519 g/mol. The summed E-state index contributed by atoms with van der Waals surface area (Å²) in [6.45, 7) is 6.25. The number of ether oxygens (including phenoxy) is 1. The summed E-state index contributed by atoms with van der Waals surface area (Å²) in [7, 11) is 0. The van der Waals surface area contributed by atoms with Crippen LogP contribution in [0.3, 0.4) is 0 Å². The van der Waals surface area contributed by atoms with Gasteiger partial charge in [0.1, 0.15) is 10.4 Å². The van der Waals surface area contributed by atoms with Crippen molar-refractivity contribution in [3.63, 3.8) is 0 Å². The maximum atomic E-state index is 12.7. The second kappa shape index (κ2) is 8.81. The van der Waals surface area contributed by atoms with E-state index in [1.165, 1.54) is 11.8 Å². The molecule has 0 saturated heterocycles. The molecule has 4 rings (SSSR count). The van der Waals surface area contributed by atoms with E-state index in [2.05, 4.69) is 27.8 Å². The Morgan fingerprint density at radius 2 is 1.77 bits per heavy atom. The summed E-state index contributed by atoms with van der Waals surface area (Å²) in [5, 5.41) is 2.13. The molecule has 0 amide bonds. The van der Waals surface area contributed by atoms with Crippen molar-refractivity contribution in [3.8, 4) is 0 Å². The number of amidine groups is 1. The zero-order valence-corrected chi connectivity index (χ0v) is 21.1. The largest absolute Gasteiger partial charge is 0.462 e. The standard InChI is InChI=1S/C23H21BrCl2N2O2S/c1-4-30-21(29)19-18(13(2)24)28-20(14-5-9-16(25)10-6-14)23(3,27-22(28)31-19)15-7-11-17(26)12-8-15/h5-13,20H,4H2,1-3H3/t13?,20-,23+/m1/s1. The minimum Gasteiger partial charge on any atom is -0.462 e. The second-order valence-corrected chi connectivity index (χ2v) is 10.7. The Balaban J connectivity index is 1.89. The Morgan fingerprint density at radius 3 is 2.32 bits per heavy atom. The molecule has 0 radical (unpaired) electrons. The maximum absolute atomic E-state index is 12.7. The number of carbonyl (C=O) groups is 1. The lowest BCUT2D eigenvalue weighted by molar-refractivity contribution is -0.137. The predicted molar refractivity (Wildman–Crippen MR) is 132 cm³/mol. The average molecular weight is 540 g/mol. The molecule has 0 aromatic heterocycles. The Hall–Kier alpha value is -1.47. The molecular formula is C23H21BrCl2N2O2S. The van der Waals surface area contributed by atoms with Crippen LogP contribution in [0.2, 0.25) is 10.0 Å². The van der Waals surface area contributed by atoms with E-state index in [0.29, 0.717) is 21.6 Å². The lowest BCUT2D eigenvalue weighted by Gasteiger charge is -2.36. The van der Waals surface area contributed by atoms with Gasteiger partial charge in [-0.15, -0.1) is 0 Å². The summed E-state index contributed by atoms with van der Waals surface area (Å²) in [6.07, 6.45) is 0. The van der Waals surface area contributed by atoms with Gasteiger partial charge >= 0.3 is 5.97 Å². The first kappa shape index (κ1) is 22.7. The van der Waals surface area contributed by atoms with Crippen LogP contribution < -0.4 is 0 Å². The molecule has 0 saturated carbocycles. The molecule has 8 heteroatoms. The van der Waals surface area contributed by atoms with Crippen molar-refractivity contribution in [2.24, 2.45) is 4.99 Å². The third kappa shape index (κ3) is 4.04. The molecule has 2 aromatic rings. The van der Waals surface area contributed by atoms with Crippen LogP contribution in [0.1, 0.15) is 37.9 Å². The summed E-state index contributed by atoms with van der Waals surface area (Å²) in [4.78, 5) is 20.5. The fraction of sp³-hybridized carbons (Fsp3) is 0.304. The van der Waals surface area contributed by atoms with Gasteiger partial charge in [-0.1, -0.05) is 63.4 Å². The molecule has 0 fully saturated rings. The molecule has 3 atom stereocenters. The summed E-state index contributed by atoms with van der Waals surface area (Å²) >= 11 is 17.4. The smallest absolute Gasteiger partial charge is 0.346 e. The highest BCUT2D eigenvalue weighted by molar-refractivity contribution is 9.09. The van der Waals surface area contributed by atoms with E-state index in [4.69, 9.17) is 32.9 Å². The van der Waals surface area contributed by atoms with Crippen LogP contribution in [0, 0.1) is 0 Å². The summed E-state index contributed by atoms with van der Waals surface area (Å²) in [5.74, 6) is -0.325. The van der Waals surface area contributed by atoms with Crippen LogP contribution in [0.25, 0.3) is 0 Å². The number of rotatable bonds is 5. The third-order valence-electron chi connectivity index (χ3n) is 5.46. The van der Waals surface area contributed by atoms with Gasteiger partial charge in [0.15, 0.2) is 5.17 Å². The molecule has 2 aliphatic rings. The zero-order valence-electron chi connectivity index (χ0n) is 17.2. The molecule has 0 spiro atoms. The number of allylic oxidation sites excluding steroid dienone is 1. The first-order chi connectivity index (χ1) is 14.8. The molecule has 2 heterocycles. The van der Waals surface area contributed by atoms with Crippen molar-refractivity contribution in [2.75, 3.05) is 6.61 Å². The number of esters is 1. The number of thioether (sulfide) groups is 1. The van der Waals surface area contributed by atoms with Crippen molar-refractivity contribution >= 4 is 62.0 Å². The Kier molecular flexibility index (Phi) is 6.46. The van der Waals surface area contributed by atoms with Gasteiger partial charge in [-0.3, -0.25) is 0 Å². The van der Waals surface area contributed by atoms with Crippen LogP contribution in [-0.4, -0.2) is 27.5 Å². The number of hydrogen-bond acceptors (Lipinski definition) is 5. The predicted octanol–water partition coefficient (Wildman–Crippen LogP) is 6.93. The number of alkyl halides is 1. The number of benzene rings is 2. The zero-order chi connectivity index (χ0) is 22.3. The molecule has 1 unspecified atom stereocenters. The molecule has 0 bridgehead atoms. The fourth-order valence-corrected chi connectivity index (χ4v) is 6.18. The van der Waals surface area contributed by atoms with Crippen LogP contribution >= 0.6 is 50.9 Å². The van der Waals surface area contributed by atoms with Gasteiger partial charge in [0, 0.05) is 10.0 Å². The summed E-state index contributed by atoms with van der Waals surface area (Å²) in [5.41, 5.74) is 2.36.